The minimum Gasteiger partial charge on any atom is -0.343 e. The fourth-order valence-electron chi connectivity index (χ4n) is 2.55. The first-order chi connectivity index (χ1) is 8.81. The summed E-state index contributed by atoms with van der Waals surface area (Å²) >= 11 is 0. The van der Waals surface area contributed by atoms with Crippen molar-refractivity contribution in [2.24, 2.45) is 5.73 Å². The van der Waals surface area contributed by atoms with E-state index in [1.165, 1.54) is 12.0 Å². The van der Waals surface area contributed by atoms with Crippen LogP contribution >= 0.6 is 0 Å². The van der Waals surface area contributed by atoms with Gasteiger partial charge in [0.2, 0.25) is 5.91 Å². The highest BCUT2D eigenvalue weighted by molar-refractivity contribution is 5.77. The summed E-state index contributed by atoms with van der Waals surface area (Å²) in [5, 5.41) is 0. The summed E-state index contributed by atoms with van der Waals surface area (Å²) in [5.41, 5.74) is 6.98. The van der Waals surface area contributed by atoms with E-state index in [1.807, 2.05) is 23.1 Å². The van der Waals surface area contributed by atoms with Crippen LogP contribution in [-0.4, -0.2) is 30.4 Å². The van der Waals surface area contributed by atoms with Crippen molar-refractivity contribution in [3.8, 4) is 0 Å². The van der Waals surface area contributed by atoms with Gasteiger partial charge in [-0.3, -0.25) is 4.79 Å². The molecule has 1 atom stereocenters. The van der Waals surface area contributed by atoms with Crippen LogP contribution in [0.15, 0.2) is 30.3 Å². The Hall–Kier alpha value is -1.35. The smallest absolute Gasteiger partial charge is 0.223 e. The highest BCUT2D eigenvalue weighted by atomic mass is 16.2. The van der Waals surface area contributed by atoms with Crippen molar-refractivity contribution in [3.63, 3.8) is 0 Å². The number of carbonyl (C=O) groups is 1. The molecular weight excluding hydrogens is 224 g/mol. The van der Waals surface area contributed by atoms with Crippen molar-refractivity contribution >= 4 is 5.91 Å². The Morgan fingerprint density at radius 1 is 1.17 bits per heavy atom. The molecule has 98 valence electrons. The number of piperidine rings is 1. The normalized spacial score (nSPS) is 17.5. The molecule has 3 heteroatoms. The number of hydrogen-bond acceptors (Lipinski definition) is 2. The molecule has 3 nitrogen and oxygen atoms in total. The SMILES string of the molecule is NC[C@@H](CC(=O)N1CCCCC1)c1ccccc1. The second kappa shape index (κ2) is 6.55. The maximum Gasteiger partial charge on any atom is 0.223 e. The van der Waals surface area contributed by atoms with Crippen LogP contribution < -0.4 is 5.73 Å². The molecule has 2 N–H and O–H groups in total. The summed E-state index contributed by atoms with van der Waals surface area (Å²) in [6, 6.07) is 10.1. The first-order valence-electron chi connectivity index (χ1n) is 6.84. The fourth-order valence-corrected chi connectivity index (χ4v) is 2.55. The van der Waals surface area contributed by atoms with Crippen LogP contribution in [0.3, 0.4) is 0 Å². The van der Waals surface area contributed by atoms with Crippen LogP contribution in [0.2, 0.25) is 0 Å². The molecule has 1 aliphatic heterocycles. The van der Waals surface area contributed by atoms with Crippen LogP contribution in [0.5, 0.6) is 0 Å². The topological polar surface area (TPSA) is 46.3 Å². The van der Waals surface area contributed by atoms with E-state index < -0.39 is 0 Å². The van der Waals surface area contributed by atoms with Gasteiger partial charge >= 0.3 is 0 Å². The molecule has 0 aliphatic carbocycles. The van der Waals surface area contributed by atoms with Crippen molar-refractivity contribution in [1.29, 1.82) is 0 Å². The number of nitrogens with zero attached hydrogens (tertiary/aromatic N) is 1. The van der Waals surface area contributed by atoms with Gasteiger partial charge in [-0.05, 0) is 31.4 Å². The third-order valence-corrected chi connectivity index (χ3v) is 3.69. The summed E-state index contributed by atoms with van der Waals surface area (Å²) in [4.78, 5) is 14.2. The lowest BCUT2D eigenvalue weighted by atomic mass is 9.95. The monoisotopic (exact) mass is 246 g/mol. The lowest BCUT2D eigenvalue weighted by molar-refractivity contribution is -0.132. The molecule has 1 aliphatic rings. The van der Waals surface area contributed by atoms with Gasteiger partial charge in [-0.15, -0.1) is 0 Å². The van der Waals surface area contributed by atoms with Crippen LogP contribution in [0, 0.1) is 0 Å². The summed E-state index contributed by atoms with van der Waals surface area (Å²) < 4.78 is 0. The third kappa shape index (κ3) is 3.33. The quantitative estimate of drug-likeness (QED) is 0.884. The molecule has 18 heavy (non-hydrogen) atoms. The molecule has 1 fully saturated rings. The molecule has 0 saturated carbocycles. The van der Waals surface area contributed by atoms with Crippen molar-refractivity contribution in [3.05, 3.63) is 35.9 Å². The Morgan fingerprint density at radius 3 is 2.44 bits per heavy atom. The van der Waals surface area contributed by atoms with Crippen molar-refractivity contribution in [2.45, 2.75) is 31.6 Å². The van der Waals surface area contributed by atoms with Gasteiger partial charge in [-0.1, -0.05) is 30.3 Å². The van der Waals surface area contributed by atoms with E-state index in [1.54, 1.807) is 0 Å². The van der Waals surface area contributed by atoms with E-state index in [0.29, 0.717) is 13.0 Å². The van der Waals surface area contributed by atoms with Crippen LogP contribution in [0.1, 0.15) is 37.2 Å². The molecule has 1 aromatic carbocycles. The predicted molar refractivity (Wildman–Crippen MR) is 73.3 cm³/mol. The number of carbonyl (C=O) groups excluding carboxylic acids is 1. The molecule has 1 heterocycles. The van der Waals surface area contributed by atoms with Gasteiger partial charge in [0.05, 0.1) is 0 Å². The second-order valence-corrected chi connectivity index (χ2v) is 4.99. The van der Waals surface area contributed by atoms with E-state index in [4.69, 9.17) is 5.73 Å². The first kappa shape index (κ1) is 13.1. The van der Waals surface area contributed by atoms with Crippen LogP contribution in [0.25, 0.3) is 0 Å². The number of hydrogen-bond donors (Lipinski definition) is 1. The van der Waals surface area contributed by atoms with E-state index in [9.17, 15) is 4.79 Å². The van der Waals surface area contributed by atoms with Crippen molar-refractivity contribution in [2.75, 3.05) is 19.6 Å². The Kier molecular flexibility index (Phi) is 4.76. The average molecular weight is 246 g/mol. The Morgan fingerprint density at radius 2 is 1.83 bits per heavy atom. The number of nitrogens with two attached hydrogens (primary N) is 1. The van der Waals surface area contributed by atoms with Crippen molar-refractivity contribution in [1.82, 2.24) is 4.90 Å². The Labute approximate surface area is 109 Å². The van der Waals surface area contributed by atoms with Gasteiger partial charge in [-0.25, -0.2) is 0 Å². The molecular formula is C15H22N2O. The minimum absolute atomic E-state index is 0.153. The van der Waals surface area contributed by atoms with Gasteiger partial charge < -0.3 is 10.6 Å². The first-order valence-corrected chi connectivity index (χ1v) is 6.84. The van der Waals surface area contributed by atoms with Crippen LogP contribution in [-0.2, 0) is 4.79 Å². The van der Waals surface area contributed by atoms with Crippen molar-refractivity contribution < 1.29 is 4.79 Å². The molecule has 0 bridgehead atoms. The summed E-state index contributed by atoms with van der Waals surface area (Å²) in [6.07, 6.45) is 4.08. The fraction of sp³-hybridized carbons (Fsp3) is 0.533. The van der Waals surface area contributed by atoms with Gasteiger partial charge in [0, 0.05) is 25.4 Å². The summed E-state index contributed by atoms with van der Waals surface area (Å²) in [7, 11) is 0. The molecule has 1 amide bonds. The molecule has 0 aromatic heterocycles. The third-order valence-electron chi connectivity index (χ3n) is 3.69. The highest BCUT2D eigenvalue weighted by Gasteiger charge is 2.20. The number of benzene rings is 1. The molecule has 1 saturated heterocycles. The molecule has 0 spiro atoms. The minimum atomic E-state index is 0.153. The molecule has 0 unspecified atom stereocenters. The standard InChI is InChI=1S/C15H22N2O/c16-12-14(13-7-3-1-4-8-13)11-15(18)17-9-5-2-6-10-17/h1,3-4,7-8,14H,2,5-6,9-12,16H2/t14-/m1/s1. The van der Waals surface area contributed by atoms with Gasteiger partial charge in [-0.2, -0.15) is 0 Å². The van der Waals surface area contributed by atoms with Gasteiger partial charge in [0.25, 0.3) is 0 Å². The number of likely N-dealkylation sites (tertiary alicyclic amines) is 1. The van der Waals surface area contributed by atoms with E-state index in [-0.39, 0.29) is 11.8 Å². The van der Waals surface area contributed by atoms with Gasteiger partial charge in [0.15, 0.2) is 0 Å². The number of amides is 1. The molecule has 2 rings (SSSR count). The maximum absolute atomic E-state index is 12.2. The lowest BCUT2D eigenvalue weighted by Gasteiger charge is -2.28. The number of rotatable bonds is 4. The lowest BCUT2D eigenvalue weighted by Crippen LogP contribution is -2.37. The van der Waals surface area contributed by atoms with Gasteiger partial charge in [0.1, 0.15) is 0 Å². The zero-order valence-corrected chi connectivity index (χ0v) is 10.8. The second-order valence-electron chi connectivity index (χ2n) is 4.99. The Bertz CT molecular complexity index is 371. The Balaban J connectivity index is 1.95. The zero-order chi connectivity index (χ0) is 12.8. The largest absolute Gasteiger partial charge is 0.343 e. The van der Waals surface area contributed by atoms with Crippen LogP contribution in [0.4, 0.5) is 0 Å². The summed E-state index contributed by atoms with van der Waals surface area (Å²) in [5.74, 6) is 0.412. The maximum atomic E-state index is 12.2. The predicted octanol–water partition coefficient (Wildman–Crippen LogP) is 2.13. The average Bonchev–Trinajstić information content (AvgIpc) is 2.46. The highest BCUT2D eigenvalue weighted by Crippen LogP contribution is 2.20. The van der Waals surface area contributed by atoms with E-state index in [2.05, 4.69) is 12.1 Å². The van der Waals surface area contributed by atoms with E-state index >= 15 is 0 Å². The van der Waals surface area contributed by atoms with E-state index in [0.717, 1.165) is 25.9 Å². The molecule has 0 radical (unpaired) electrons. The summed E-state index contributed by atoms with van der Waals surface area (Å²) in [6.45, 7) is 2.37. The zero-order valence-electron chi connectivity index (χ0n) is 10.8. The molecule has 1 aromatic rings.